The van der Waals surface area contributed by atoms with Gasteiger partial charge < -0.3 is 10.1 Å². The number of alkyl halides is 4. The number of halogens is 5. The molecule has 1 atom stereocenters. The molecule has 3 rings (SSSR count). The van der Waals surface area contributed by atoms with Gasteiger partial charge in [0.15, 0.2) is 0 Å². The highest BCUT2D eigenvalue weighted by Gasteiger charge is 2.32. The molecular weight excluding hydrogens is 484 g/mol. The molecule has 1 heterocycles. The average Bonchev–Trinajstić information content (AvgIpc) is 3.10. The predicted molar refractivity (Wildman–Crippen MR) is 115 cm³/mol. The molecule has 1 amide bonds. The van der Waals surface area contributed by atoms with Crippen molar-refractivity contribution < 1.29 is 32.0 Å². The first-order chi connectivity index (χ1) is 16.0. The van der Waals surface area contributed by atoms with Gasteiger partial charge in [0.2, 0.25) is 5.91 Å². The lowest BCUT2D eigenvalue weighted by atomic mass is 10.2. The van der Waals surface area contributed by atoms with Gasteiger partial charge in [-0.2, -0.15) is 5.10 Å². The second-order valence-electron chi connectivity index (χ2n) is 7.19. The Kier molecular flexibility index (Phi) is 7.40. The topological polar surface area (TPSA) is 99.3 Å². The van der Waals surface area contributed by atoms with Gasteiger partial charge in [0.1, 0.15) is 28.9 Å². The standard InChI is InChI=1S/C21H17ClF4N4O4/c1-10-4-3-5-14(6-10)34-15-8-12(7-13(9-15)30(32)33)27-21(31)11(2)29-18(20(25)26)16(22)17(28-29)19(23)24/h3-9,11,19-20H,1-2H3,(H,27,31). The zero-order valence-electron chi connectivity index (χ0n) is 17.6. The molecule has 1 N–H and O–H groups in total. The Morgan fingerprint density at radius 2 is 1.85 bits per heavy atom. The summed E-state index contributed by atoms with van der Waals surface area (Å²) in [5.74, 6) is -0.541. The molecule has 0 aliphatic heterocycles. The lowest BCUT2D eigenvalue weighted by molar-refractivity contribution is -0.384. The Balaban J connectivity index is 1.91. The molecule has 1 unspecified atom stereocenters. The highest BCUT2D eigenvalue weighted by Crippen LogP contribution is 2.36. The zero-order valence-corrected chi connectivity index (χ0v) is 18.4. The van der Waals surface area contributed by atoms with Gasteiger partial charge >= 0.3 is 0 Å². The number of carbonyl (C=O) groups is 1. The Labute approximate surface area is 195 Å². The maximum atomic E-state index is 13.4. The normalized spacial score (nSPS) is 12.1. The molecule has 1 aromatic heterocycles. The lowest BCUT2D eigenvalue weighted by Gasteiger charge is -2.16. The number of benzene rings is 2. The minimum absolute atomic E-state index is 0.0261. The quantitative estimate of drug-likeness (QED) is 0.213. The molecule has 0 aliphatic rings. The summed E-state index contributed by atoms with van der Waals surface area (Å²) in [6, 6.07) is 8.80. The third kappa shape index (κ3) is 5.45. The van der Waals surface area contributed by atoms with Crippen molar-refractivity contribution in [1.29, 1.82) is 0 Å². The summed E-state index contributed by atoms with van der Waals surface area (Å²) < 4.78 is 59.1. The molecule has 0 saturated heterocycles. The fourth-order valence-corrected chi connectivity index (χ4v) is 3.36. The van der Waals surface area contributed by atoms with Gasteiger partial charge in [0.25, 0.3) is 18.5 Å². The van der Waals surface area contributed by atoms with E-state index in [9.17, 15) is 32.5 Å². The minimum atomic E-state index is -3.28. The molecule has 13 heteroatoms. The number of ether oxygens (including phenoxy) is 1. The molecule has 2 aromatic carbocycles. The van der Waals surface area contributed by atoms with E-state index < -0.39 is 51.8 Å². The third-order valence-electron chi connectivity index (χ3n) is 4.67. The van der Waals surface area contributed by atoms with E-state index in [1.807, 2.05) is 13.0 Å². The van der Waals surface area contributed by atoms with Crippen LogP contribution in [-0.4, -0.2) is 20.6 Å². The third-order valence-corrected chi connectivity index (χ3v) is 5.05. The van der Waals surface area contributed by atoms with Crippen LogP contribution in [0.2, 0.25) is 5.02 Å². The van der Waals surface area contributed by atoms with Crippen LogP contribution < -0.4 is 10.1 Å². The van der Waals surface area contributed by atoms with Crippen LogP contribution in [0.4, 0.5) is 28.9 Å². The molecule has 0 fully saturated rings. The van der Waals surface area contributed by atoms with Crippen molar-refractivity contribution in [3.8, 4) is 11.5 Å². The first-order valence-corrected chi connectivity index (χ1v) is 10.0. The summed E-state index contributed by atoms with van der Waals surface area (Å²) in [4.78, 5) is 23.3. The summed E-state index contributed by atoms with van der Waals surface area (Å²) in [5.41, 5.74) is -1.74. The second-order valence-corrected chi connectivity index (χ2v) is 7.56. The van der Waals surface area contributed by atoms with Crippen molar-refractivity contribution >= 4 is 28.9 Å². The number of nitrogens with one attached hydrogen (secondary N) is 1. The van der Waals surface area contributed by atoms with Crippen molar-refractivity contribution in [2.75, 3.05) is 5.32 Å². The smallest absolute Gasteiger partial charge is 0.283 e. The number of nitro benzene ring substituents is 1. The Bertz CT molecular complexity index is 1240. The number of amides is 1. The largest absolute Gasteiger partial charge is 0.457 e. The van der Waals surface area contributed by atoms with Gasteiger partial charge in [-0.15, -0.1) is 0 Å². The number of hydrogen-bond acceptors (Lipinski definition) is 5. The fraction of sp³-hybridized carbons (Fsp3) is 0.238. The number of nitrogens with zero attached hydrogens (tertiary/aromatic N) is 3. The highest BCUT2D eigenvalue weighted by atomic mass is 35.5. The average molecular weight is 501 g/mol. The maximum Gasteiger partial charge on any atom is 0.283 e. The number of aryl methyl sites for hydroxylation is 1. The van der Waals surface area contributed by atoms with Gasteiger partial charge in [0.05, 0.1) is 21.7 Å². The summed E-state index contributed by atoms with van der Waals surface area (Å²) in [6.45, 7) is 2.96. The second kappa shape index (κ2) is 10.1. The summed E-state index contributed by atoms with van der Waals surface area (Å²) >= 11 is 5.63. The molecule has 0 bridgehead atoms. The SMILES string of the molecule is Cc1cccc(Oc2cc(NC(=O)C(C)n3nc(C(F)F)c(Cl)c3C(F)F)cc([N+](=O)[O-])c2)c1. The van der Waals surface area contributed by atoms with Crippen molar-refractivity contribution in [3.05, 3.63) is 74.6 Å². The highest BCUT2D eigenvalue weighted by molar-refractivity contribution is 6.32. The van der Waals surface area contributed by atoms with E-state index >= 15 is 0 Å². The molecule has 8 nitrogen and oxygen atoms in total. The van der Waals surface area contributed by atoms with Gasteiger partial charge in [-0.25, -0.2) is 22.2 Å². The van der Waals surface area contributed by atoms with Crippen molar-refractivity contribution in [1.82, 2.24) is 9.78 Å². The molecule has 34 heavy (non-hydrogen) atoms. The number of aromatic nitrogens is 2. The van der Waals surface area contributed by atoms with E-state index in [0.29, 0.717) is 10.4 Å². The molecule has 0 spiro atoms. The number of carbonyl (C=O) groups excluding carboxylic acids is 1. The number of anilines is 1. The zero-order chi connectivity index (χ0) is 25.2. The molecule has 0 saturated carbocycles. The molecule has 0 radical (unpaired) electrons. The lowest BCUT2D eigenvalue weighted by Crippen LogP contribution is -2.26. The van der Waals surface area contributed by atoms with E-state index in [2.05, 4.69) is 10.4 Å². The van der Waals surface area contributed by atoms with Crippen LogP contribution in [0.1, 0.15) is 42.8 Å². The summed E-state index contributed by atoms with van der Waals surface area (Å²) in [6.07, 6.45) is -6.52. The molecule has 0 aliphatic carbocycles. The van der Waals surface area contributed by atoms with E-state index in [4.69, 9.17) is 16.3 Å². The first kappa shape index (κ1) is 25.0. The van der Waals surface area contributed by atoms with Crippen LogP contribution in [0.25, 0.3) is 0 Å². The number of non-ortho nitro benzene ring substituents is 1. The van der Waals surface area contributed by atoms with Crippen LogP contribution in [-0.2, 0) is 4.79 Å². The monoisotopic (exact) mass is 500 g/mol. The van der Waals surface area contributed by atoms with Crippen LogP contribution in [0.15, 0.2) is 42.5 Å². The van der Waals surface area contributed by atoms with E-state index in [-0.39, 0.29) is 11.4 Å². The fourth-order valence-electron chi connectivity index (χ4n) is 3.07. The van der Waals surface area contributed by atoms with Gasteiger partial charge in [-0.3, -0.25) is 14.9 Å². The van der Waals surface area contributed by atoms with E-state index in [1.54, 1.807) is 18.2 Å². The summed E-state index contributed by atoms with van der Waals surface area (Å²) in [7, 11) is 0. The number of nitro groups is 1. The Morgan fingerprint density at radius 1 is 1.15 bits per heavy atom. The maximum absolute atomic E-state index is 13.4. The van der Waals surface area contributed by atoms with Crippen molar-refractivity contribution in [3.63, 3.8) is 0 Å². The molecule has 180 valence electrons. The Morgan fingerprint density at radius 3 is 2.44 bits per heavy atom. The molecule has 3 aromatic rings. The van der Waals surface area contributed by atoms with Crippen molar-refractivity contribution in [2.45, 2.75) is 32.7 Å². The van der Waals surface area contributed by atoms with Crippen LogP contribution in [0, 0.1) is 17.0 Å². The minimum Gasteiger partial charge on any atom is -0.457 e. The van der Waals surface area contributed by atoms with Gasteiger partial charge in [-0.05, 0) is 31.5 Å². The number of rotatable bonds is 8. The first-order valence-electron chi connectivity index (χ1n) is 9.67. The number of hydrogen-bond donors (Lipinski definition) is 1. The van der Waals surface area contributed by atoms with Gasteiger partial charge in [0, 0.05) is 12.1 Å². The van der Waals surface area contributed by atoms with Gasteiger partial charge in [-0.1, -0.05) is 23.7 Å². The predicted octanol–water partition coefficient (Wildman–Crippen LogP) is 6.62. The van der Waals surface area contributed by atoms with Crippen LogP contribution in [0.5, 0.6) is 11.5 Å². The van der Waals surface area contributed by atoms with E-state index in [1.165, 1.54) is 6.07 Å². The molecular formula is C21H17ClF4N4O4. The Hall–Kier alpha value is -3.67. The summed E-state index contributed by atoms with van der Waals surface area (Å²) in [5, 5.41) is 16.1. The van der Waals surface area contributed by atoms with Crippen molar-refractivity contribution in [2.24, 2.45) is 0 Å². The van der Waals surface area contributed by atoms with E-state index in [0.717, 1.165) is 24.6 Å². The van der Waals surface area contributed by atoms with Crippen LogP contribution >= 0.6 is 11.6 Å². The van der Waals surface area contributed by atoms with Crippen LogP contribution in [0.3, 0.4) is 0 Å².